The van der Waals surface area contributed by atoms with Crippen LogP contribution in [0.5, 0.6) is 11.5 Å². The molecule has 2 aromatic carbocycles. The summed E-state index contributed by atoms with van der Waals surface area (Å²) in [5, 5.41) is 5.81. The Balaban J connectivity index is 1.78. The first-order valence-electron chi connectivity index (χ1n) is 8.23. The minimum absolute atomic E-state index is 0.212. The second kappa shape index (κ2) is 9.55. The number of hydrogen-bond donors (Lipinski definition) is 1. The van der Waals surface area contributed by atoms with Crippen LogP contribution in [0.3, 0.4) is 0 Å². The van der Waals surface area contributed by atoms with Crippen LogP contribution in [0.1, 0.15) is 16.0 Å². The SMILES string of the molecule is COc1ccc(Br)c(CNCc2cccs2)c1OCc1ccc(F)cc1Cl. The van der Waals surface area contributed by atoms with Crippen LogP contribution in [-0.4, -0.2) is 7.11 Å². The van der Waals surface area contributed by atoms with Crippen molar-refractivity contribution in [1.29, 1.82) is 0 Å². The van der Waals surface area contributed by atoms with Crippen molar-refractivity contribution >= 4 is 38.9 Å². The molecule has 3 rings (SSSR count). The first-order valence-corrected chi connectivity index (χ1v) is 10.3. The highest BCUT2D eigenvalue weighted by Crippen LogP contribution is 2.37. The Morgan fingerprint density at radius 3 is 2.74 bits per heavy atom. The second-order valence-corrected chi connectivity index (χ2v) is 8.06. The Hall–Kier alpha value is -1.60. The number of nitrogens with one attached hydrogen (secondary N) is 1. The largest absolute Gasteiger partial charge is 0.493 e. The maximum Gasteiger partial charge on any atom is 0.167 e. The molecular formula is C20H18BrClFNO2S. The van der Waals surface area contributed by atoms with Crippen molar-refractivity contribution in [3.8, 4) is 11.5 Å². The van der Waals surface area contributed by atoms with Gasteiger partial charge >= 0.3 is 0 Å². The number of thiophene rings is 1. The minimum Gasteiger partial charge on any atom is -0.493 e. The average molecular weight is 471 g/mol. The van der Waals surface area contributed by atoms with Crippen LogP contribution in [0.15, 0.2) is 52.3 Å². The van der Waals surface area contributed by atoms with Crippen LogP contribution in [0.2, 0.25) is 5.02 Å². The van der Waals surface area contributed by atoms with E-state index in [1.807, 2.05) is 18.2 Å². The van der Waals surface area contributed by atoms with Crippen LogP contribution < -0.4 is 14.8 Å². The molecule has 0 aliphatic rings. The standard InChI is InChI=1S/C20H18BrClFNO2S/c1-25-19-7-6-17(21)16(11-24-10-15-3-2-8-27-15)20(19)26-12-13-4-5-14(23)9-18(13)22/h2-9,24H,10-12H2,1H3. The normalized spacial score (nSPS) is 10.8. The molecule has 0 saturated heterocycles. The summed E-state index contributed by atoms with van der Waals surface area (Å²) >= 11 is 11.4. The van der Waals surface area contributed by atoms with E-state index in [4.69, 9.17) is 21.1 Å². The summed E-state index contributed by atoms with van der Waals surface area (Å²) in [6.45, 7) is 1.58. The van der Waals surface area contributed by atoms with E-state index in [2.05, 4.69) is 32.7 Å². The van der Waals surface area contributed by atoms with Crippen molar-refractivity contribution in [3.05, 3.63) is 79.2 Å². The Morgan fingerprint density at radius 2 is 2.04 bits per heavy atom. The Kier molecular flexibility index (Phi) is 7.13. The van der Waals surface area contributed by atoms with Crippen molar-refractivity contribution in [3.63, 3.8) is 0 Å². The smallest absolute Gasteiger partial charge is 0.167 e. The van der Waals surface area contributed by atoms with Gasteiger partial charge in [0.25, 0.3) is 0 Å². The molecule has 27 heavy (non-hydrogen) atoms. The average Bonchev–Trinajstić information content (AvgIpc) is 3.16. The molecule has 142 valence electrons. The van der Waals surface area contributed by atoms with E-state index >= 15 is 0 Å². The van der Waals surface area contributed by atoms with Gasteiger partial charge in [0.1, 0.15) is 12.4 Å². The number of methoxy groups -OCH3 is 1. The molecule has 1 heterocycles. The summed E-state index contributed by atoms with van der Waals surface area (Å²) in [6.07, 6.45) is 0. The fraction of sp³-hybridized carbons (Fsp3) is 0.200. The van der Waals surface area contributed by atoms with Gasteiger partial charge in [0.2, 0.25) is 0 Å². The highest BCUT2D eigenvalue weighted by Gasteiger charge is 2.15. The third-order valence-corrected chi connectivity index (χ3v) is 5.93. The monoisotopic (exact) mass is 469 g/mol. The van der Waals surface area contributed by atoms with Gasteiger partial charge in [0.05, 0.1) is 12.1 Å². The minimum atomic E-state index is -0.373. The molecule has 0 unspecified atom stereocenters. The maximum atomic E-state index is 13.2. The third-order valence-electron chi connectivity index (χ3n) is 3.96. The lowest BCUT2D eigenvalue weighted by Gasteiger charge is -2.17. The molecule has 3 aromatic rings. The molecule has 3 nitrogen and oxygen atoms in total. The number of halogens is 3. The van der Waals surface area contributed by atoms with Crippen LogP contribution in [0.25, 0.3) is 0 Å². The first kappa shape index (κ1) is 20.1. The van der Waals surface area contributed by atoms with Crippen molar-refractivity contribution in [2.45, 2.75) is 19.7 Å². The maximum absolute atomic E-state index is 13.2. The summed E-state index contributed by atoms with van der Waals surface area (Å²) in [7, 11) is 1.60. The van der Waals surface area contributed by atoms with E-state index in [1.165, 1.54) is 17.0 Å². The molecule has 0 aliphatic heterocycles. The summed E-state index contributed by atoms with van der Waals surface area (Å²) < 4.78 is 25.7. The molecule has 1 aromatic heterocycles. The summed E-state index contributed by atoms with van der Waals surface area (Å²) in [5.41, 5.74) is 1.65. The molecule has 0 atom stereocenters. The van der Waals surface area contributed by atoms with Crippen molar-refractivity contribution in [2.75, 3.05) is 7.11 Å². The fourth-order valence-corrected chi connectivity index (χ4v) is 3.93. The number of rotatable bonds is 8. The molecule has 0 fully saturated rings. The molecule has 0 amide bonds. The predicted octanol–water partition coefficient (Wildman–Crippen LogP) is 6.18. The van der Waals surface area contributed by atoms with Gasteiger partial charge < -0.3 is 14.8 Å². The lowest BCUT2D eigenvalue weighted by Crippen LogP contribution is -2.14. The molecule has 0 aliphatic carbocycles. The van der Waals surface area contributed by atoms with Gasteiger partial charge in [-0.25, -0.2) is 4.39 Å². The van der Waals surface area contributed by atoms with Crippen LogP contribution in [-0.2, 0) is 19.7 Å². The van der Waals surface area contributed by atoms with E-state index in [-0.39, 0.29) is 12.4 Å². The van der Waals surface area contributed by atoms with E-state index < -0.39 is 0 Å². The number of benzene rings is 2. The first-order chi connectivity index (χ1) is 13.1. The van der Waals surface area contributed by atoms with E-state index in [0.29, 0.717) is 28.6 Å². The van der Waals surface area contributed by atoms with Crippen LogP contribution in [0, 0.1) is 5.82 Å². The second-order valence-electron chi connectivity index (χ2n) is 5.76. The highest BCUT2D eigenvalue weighted by atomic mass is 79.9. The third kappa shape index (κ3) is 5.23. The van der Waals surface area contributed by atoms with Gasteiger partial charge in [-0.15, -0.1) is 11.3 Å². The zero-order valence-electron chi connectivity index (χ0n) is 14.6. The molecule has 0 bridgehead atoms. The number of hydrogen-bond acceptors (Lipinski definition) is 4. The van der Waals surface area contributed by atoms with E-state index in [1.54, 1.807) is 24.5 Å². The Morgan fingerprint density at radius 1 is 1.19 bits per heavy atom. The Bertz CT molecular complexity index is 905. The van der Waals surface area contributed by atoms with Gasteiger partial charge in [-0.1, -0.05) is 39.7 Å². The lowest BCUT2D eigenvalue weighted by atomic mass is 10.1. The van der Waals surface area contributed by atoms with Gasteiger partial charge in [-0.05, 0) is 35.7 Å². The van der Waals surface area contributed by atoms with Crippen LogP contribution >= 0.6 is 38.9 Å². The van der Waals surface area contributed by atoms with Crippen molar-refractivity contribution in [1.82, 2.24) is 5.32 Å². The lowest BCUT2D eigenvalue weighted by molar-refractivity contribution is 0.280. The molecule has 0 radical (unpaired) electrons. The van der Waals surface area contributed by atoms with E-state index in [9.17, 15) is 4.39 Å². The summed E-state index contributed by atoms with van der Waals surface area (Å²) in [6, 6.07) is 12.2. The van der Waals surface area contributed by atoms with Gasteiger partial charge in [0, 0.05) is 33.6 Å². The zero-order valence-corrected chi connectivity index (χ0v) is 17.8. The summed E-state index contributed by atoms with van der Waals surface area (Å²) in [5.74, 6) is 0.887. The topological polar surface area (TPSA) is 30.5 Å². The predicted molar refractivity (Wildman–Crippen MR) is 111 cm³/mol. The molecular weight excluding hydrogens is 453 g/mol. The fourth-order valence-electron chi connectivity index (χ4n) is 2.58. The highest BCUT2D eigenvalue weighted by molar-refractivity contribution is 9.10. The molecule has 0 saturated carbocycles. The van der Waals surface area contributed by atoms with Crippen LogP contribution in [0.4, 0.5) is 4.39 Å². The van der Waals surface area contributed by atoms with Crippen molar-refractivity contribution < 1.29 is 13.9 Å². The molecule has 1 N–H and O–H groups in total. The van der Waals surface area contributed by atoms with Gasteiger partial charge in [0.15, 0.2) is 11.5 Å². The Labute approximate surface area is 175 Å². The zero-order chi connectivity index (χ0) is 19.2. The quantitative estimate of drug-likeness (QED) is 0.426. The van der Waals surface area contributed by atoms with Gasteiger partial charge in [-0.3, -0.25) is 0 Å². The number of ether oxygens (including phenoxy) is 2. The molecule has 7 heteroatoms. The van der Waals surface area contributed by atoms with Crippen molar-refractivity contribution in [2.24, 2.45) is 0 Å². The summed E-state index contributed by atoms with van der Waals surface area (Å²) in [4.78, 5) is 1.26. The van der Waals surface area contributed by atoms with E-state index in [0.717, 1.165) is 16.6 Å². The van der Waals surface area contributed by atoms with Gasteiger partial charge in [-0.2, -0.15) is 0 Å². The molecule has 0 spiro atoms.